The molecule has 0 spiro atoms. The Kier molecular flexibility index (Phi) is 4.55. The van der Waals surface area contributed by atoms with Crippen LogP contribution in [0.1, 0.15) is 18.3 Å². The maximum atomic E-state index is 4.40. The van der Waals surface area contributed by atoms with Crippen molar-refractivity contribution < 1.29 is 0 Å². The molecule has 0 N–H and O–H groups in total. The van der Waals surface area contributed by atoms with Gasteiger partial charge in [0.1, 0.15) is 5.82 Å². The normalized spacial score (nSPS) is 11.1. The summed E-state index contributed by atoms with van der Waals surface area (Å²) >= 11 is 3.58. The summed E-state index contributed by atoms with van der Waals surface area (Å²) in [5, 5.41) is 0. The van der Waals surface area contributed by atoms with Crippen molar-refractivity contribution in [2.24, 2.45) is 0 Å². The van der Waals surface area contributed by atoms with Gasteiger partial charge in [0.25, 0.3) is 0 Å². The van der Waals surface area contributed by atoms with Crippen LogP contribution in [0, 0.1) is 0 Å². The largest absolute Gasteiger partial charge is 0.334 e. The van der Waals surface area contributed by atoms with Gasteiger partial charge >= 0.3 is 0 Å². The highest BCUT2D eigenvalue weighted by atomic mass is 79.9. The Morgan fingerprint density at radius 2 is 2.06 bits per heavy atom. The minimum absolute atomic E-state index is 0.863. The van der Waals surface area contributed by atoms with Crippen LogP contribution >= 0.6 is 15.9 Å². The number of rotatable bonds is 5. The van der Waals surface area contributed by atoms with Gasteiger partial charge in [0, 0.05) is 30.0 Å². The van der Waals surface area contributed by atoms with E-state index >= 15 is 0 Å². The lowest BCUT2D eigenvalue weighted by Crippen LogP contribution is -2.20. The Bertz CT molecular complexity index is 507. The van der Waals surface area contributed by atoms with E-state index in [4.69, 9.17) is 0 Å². The van der Waals surface area contributed by atoms with Crippen molar-refractivity contribution in [1.29, 1.82) is 0 Å². The molecule has 0 aliphatic heterocycles. The first-order chi connectivity index (χ1) is 8.70. The van der Waals surface area contributed by atoms with Gasteiger partial charge in [-0.25, -0.2) is 4.98 Å². The van der Waals surface area contributed by atoms with Crippen LogP contribution in [0.25, 0.3) is 0 Å². The molecule has 3 nitrogen and oxygen atoms in total. The van der Waals surface area contributed by atoms with E-state index in [1.807, 2.05) is 18.5 Å². The van der Waals surface area contributed by atoms with Crippen molar-refractivity contribution in [3.8, 4) is 0 Å². The first-order valence-corrected chi connectivity index (χ1v) is 6.92. The molecule has 0 fully saturated rings. The van der Waals surface area contributed by atoms with E-state index in [1.54, 1.807) is 0 Å². The summed E-state index contributed by atoms with van der Waals surface area (Å²) in [6.07, 6.45) is 3.90. The molecule has 0 bridgehead atoms. The summed E-state index contributed by atoms with van der Waals surface area (Å²) in [5.74, 6) is 1.12. The molecule has 1 aromatic heterocycles. The van der Waals surface area contributed by atoms with Gasteiger partial charge in [0.15, 0.2) is 0 Å². The van der Waals surface area contributed by atoms with Gasteiger partial charge in [-0.15, -0.1) is 0 Å². The number of halogens is 1. The second-order valence-electron chi connectivity index (χ2n) is 4.39. The monoisotopic (exact) mass is 307 g/mol. The topological polar surface area (TPSA) is 21.1 Å². The average Bonchev–Trinajstić information content (AvgIpc) is 2.79. The Labute approximate surface area is 117 Å². The number of benzene rings is 1. The van der Waals surface area contributed by atoms with Crippen LogP contribution in [0.3, 0.4) is 0 Å². The lowest BCUT2D eigenvalue weighted by molar-refractivity contribution is 0.305. The quantitative estimate of drug-likeness (QED) is 0.845. The van der Waals surface area contributed by atoms with Crippen LogP contribution in [0.5, 0.6) is 0 Å². The molecule has 0 saturated heterocycles. The molecule has 0 unspecified atom stereocenters. The molecular formula is C14H18BrN3. The average molecular weight is 308 g/mol. The van der Waals surface area contributed by atoms with E-state index in [2.05, 4.69) is 62.6 Å². The number of hydrogen-bond donors (Lipinski definition) is 0. The summed E-state index contributed by atoms with van der Waals surface area (Å²) in [6.45, 7) is 4.89. The third-order valence-corrected chi connectivity index (χ3v) is 3.73. The van der Waals surface area contributed by atoms with Crippen LogP contribution in [0.2, 0.25) is 0 Å². The fraction of sp³-hybridized carbons (Fsp3) is 0.357. The second kappa shape index (κ2) is 6.16. The minimum atomic E-state index is 0.863. The van der Waals surface area contributed by atoms with Gasteiger partial charge in [-0.05, 0) is 25.6 Å². The van der Waals surface area contributed by atoms with E-state index in [-0.39, 0.29) is 0 Å². The number of aromatic nitrogens is 2. The van der Waals surface area contributed by atoms with E-state index in [0.29, 0.717) is 0 Å². The molecule has 0 amide bonds. The van der Waals surface area contributed by atoms with E-state index in [1.165, 1.54) is 5.56 Å². The fourth-order valence-electron chi connectivity index (χ4n) is 1.99. The fourth-order valence-corrected chi connectivity index (χ4v) is 2.40. The first-order valence-electron chi connectivity index (χ1n) is 6.12. The van der Waals surface area contributed by atoms with Crippen molar-refractivity contribution in [3.63, 3.8) is 0 Å². The maximum absolute atomic E-state index is 4.40. The van der Waals surface area contributed by atoms with Gasteiger partial charge < -0.3 is 4.57 Å². The van der Waals surface area contributed by atoms with Crippen LogP contribution in [-0.4, -0.2) is 21.5 Å². The van der Waals surface area contributed by atoms with Crippen molar-refractivity contribution >= 4 is 15.9 Å². The van der Waals surface area contributed by atoms with Gasteiger partial charge in [-0.1, -0.05) is 34.1 Å². The number of aryl methyl sites for hydroxylation is 1. The van der Waals surface area contributed by atoms with Gasteiger partial charge in [0.2, 0.25) is 0 Å². The molecule has 2 aromatic rings. The molecule has 1 heterocycles. The molecule has 1 aromatic carbocycles. The number of imidazole rings is 1. The third kappa shape index (κ3) is 3.21. The van der Waals surface area contributed by atoms with Crippen LogP contribution in [0.15, 0.2) is 41.1 Å². The maximum Gasteiger partial charge on any atom is 0.122 e. The standard InChI is InChI=1S/C14H18BrN3/c1-3-18-9-8-16-14(18)11-17(2)10-12-6-4-5-7-13(12)15/h4-9H,3,10-11H2,1-2H3. The van der Waals surface area contributed by atoms with E-state index in [9.17, 15) is 0 Å². The zero-order valence-electron chi connectivity index (χ0n) is 10.8. The van der Waals surface area contributed by atoms with Crippen LogP contribution < -0.4 is 0 Å². The Hall–Kier alpha value is -1.13. The zero-order valence-corrected chi connectivity index (χ0v) is 12.4. The predicted molar refractivity (Wildman–Crippen MR) is 77.2 cm³/mol. The summed E-state index contributed by atoms with van der Waals surface area (Å²) in [6, 6.07) is 8.33. The van der Waals surface area contributed by atoms with Gasteiger partial charge in [-0.3, -0.25) is 4.90 Å². The van der Waals surface area contributed by atoms with Gasteiger partial charge in [0.05, 0.1) is 6.54 Å². The van der Waals surface area contributed by atoms with E-state index < -0.39 is 0 Å². The molecule has 2 rings (SSSR count). The molecule has 0 saturated carbocycles. The van der Waals surface area contributed by atoms with Crippen LogP contribution in [-0.2, 0) is 19.6 Å². The van der Waals surface area contributed by atoms with Crippen molar-refractivity contribution in [1.82, 2.24) is 14.5 Å². The highest BCUT2D eigenvalue weighted by Crippen LogP contribution is 2.17. The zero-order chi connectivity index (χ0) is 13.0. The minimum Gasteiger partial charge on any atom is -0.334 e. The molecule has 0 radical (unpaired) electrons. The SMILES string of the molecule is CCn1ccnc1CN(C)Cc1ccccc1Br. The number of hydrogen-bond acceptors (Lipinski definition) is 2. The van der Waals surface area contributed by atoms with Crippen LogP contribution in [0.4, 0.5) is 0 Å². The molecule has 0 atom stereocenters. The molecule has 0 aliphatic carbocycles. The van der Waals surface area contributed by atoms with Gasteiger partial charge in [-0.2, -0.15) is 0 Å². The predicted octanol–water partition coefficient (Wildman–Crippen LogP) is 3.30. The molecular weight excluding hydrogens is 290 g/mol. The van der Waals surface area contributed by atoms with Crippen molar-refractivity contribution in [3.05, 3.63) is 52.5 Å². The Balaban J connectivity index is 2.01. The Morgan fingerprint density at radius 1 is 1.28 bits per heavy atom. The molecule has 0 aliphatic rings. The third-order valence-electron chi connectivity index (χ3n) is 2.95. The molecule has 18 heavy (non-hydrogen) atoms. The van der Waals surface area contributed by atoms with Crippen molar-refractivity contribution in [2.75, 3.05) is 7.05 Å². The molecule has 4 heteroatoms. The lowest BCUT2D eigenvalue weighted by atomic mass is 10.2. The van der Waals surface area contributed by atoms with Crippen molar-refractivity contribution in [2.45, 2.75) is 26.6 Å². The highest BCUT2D eigenvalue weighted by molar-refractivity contribution is 9.10. The van der Waals surface area contributed by atoms with E-state index in [0.717, 1.165) is 29.9 Å². The summed E-state index contributed by atoms with van der Waals surface area (Å²) in [5.41, 5.74) is 1.30. The molecule has 96 valence electrons. The Morgan fingerprint density at radius 3 is 2.78 bits per heavy atom. The summed E-state index contributed by atoms with van der Waals surface area (Å²) in [4.78, 5) is 6.67. The first kappa shape index (κ1) is 13.3. The summed E-state index contributed by atoms with van der Waals surface area (Å²) < 4.78 is 3.34. The highest BCUT2D eigenvalue weighted by Gasteiger charge is 2.07. The number of nitrogens with zero attached hydrogens (tertiary/aromatic N) is 3. The second-order valence-corrected chi connectivity index (χ2v) is 5.25. The smallest absolute Gasteiger partial charge is 0.122 e. The summed E-state index contributed by atoms with van der Waals surface area (Å²) in [7, 11) is 2.12. The lowest BCUT2D eigenvalue weighted by Gasteiger charge is -2.17.